The molecule has 6 nitrogen and oxygen atoms in total. The number of rotatable bonds is 5. The second kappa shape index (κ2) is 7.23. The van der Waals surface area contributed by atoms with Gasteiger partial charge in [-0.1, -0.05) is 23.7 Å². The Labute approximate surface area is 146 Å². The highest BCUT2D eigenvalue weighted by Crippen LogP contribution is 2.28. The van der Waals surface area contributed by atoms with Gasteiger partial charge in [-0.25, -0.2) is 0 Å². The van der Waals surface area contributed by atoms with Crippen LogP contribution in [0.1, 0.15) is 17.9 Å². The van der Waals surface area contributed by atoms with Gasteiger partial charge in [0.05, 0.1) is 18.3 Å². The number of carbonyl (C=O) groups is 1. The van der Waals surface area contributed by atoms with Gasteiger partial charge in [-0.15, -0.1) is 0 Å². The molecule has 1 fully saturated rings. The van der Waals surface area contributed by atoms with E-state index in [0.717, 1.165) is 11.3 Å². The molecule has 0 aliphatic carbocycles. The molecule has 24 heavy (non-hydrogen) atoms. The van der Waals surface area contributed by atoms with Gasteiger partial charge in [0.2, 0.25) is 5.91 Å². The van der Waals surface area contributed by atoms with Crippen molar-refractivity contribution in [1.29, 1.82) is 0 Å². The maximum absolute atomic E-state index is 12.4. The number of nitrogens with two attached hydrogens (primary N) is 1. The Morgan fingerprint density at radius 3 is 2.75 bits per heavy atom. The molecule has 0 spiro atoms. The average Bonchev–Trinajstić information content (AvgIpc) is 3.18. The summed E-state index contributed by atoms with van der Waals surface area (Å²) in [4.78, 5) is 14.3. The minimum Gasteiger partial charge on any atom is -0.497 e. The molecule has 0 saturated carbocycles. The van der Waals surface area contributed by atoms with Crippen LogP contribution < -0.4 is 10.5 Å². The number of nitrogens with zero attached hydrogens (tertiary/aromatic N) is 3. The number of ether oxygens (including phenoxy) is 1. The molecule has 1 amide bonds. The molecule has 2 aromatic rings. The SMILES string of the molecule is COc1ccc(C2CN(C(=O)CCn3cc(Cl)cn3)CC2N)cc1. The van der Waals surface area contributed by atoms with Crippen LogP contribution in [0.4, 0.5) is 0 Å². The first-order valence-electron chi connectivity index (χ1n) is 7.92. The number of likely N-dealkylation sites (tertiary alicyclic amines) is 1. The van der Waals surface area contributed by atoms with E-state index in [1.165, 1.54) is 0 Å². The van der Waals surface area contributed by atoms with E-state index in [2.05, 4.69) is 5.10 Å². The van der Waals surface area contributed by atoms with Gasteiger partial charge in [0.15, 0.2) is 0 Å². The topological polar surface area (TPSA) is 73.4 Å². The van der Waals surface area contributed by atoms with Crippen LogP contribution in [-0.2, 0) is 11.3 Å². The molecule has 1 aromatic carbocycles. The van der Waals surface area contributed by atoms with Crippen molar-refractivity contribution >= 4 is 17.5 Å². The lowest BCUT2D eigenvalue weighted by Crippen LogP contribution is -2.32. The molecule has 1 aliphatic heterocycles. The zero-order valence-electron chi connectivity index (χ0n) is 13.6. The number of amides is 1. The molecule has 0 radical (unpaired) electrons. The zero-order valence-corrected chi connectivity index (χ0v) is 14.3. The summed E-state index contributed by atoms with van der Waals surface area (Å²) in [7, 11) is 1.64. The van der Waals surface area contributed by atoms with Crippen molar-refractivity contribution in [2.24, 2.45) is 5.73 Å². The summed E-state index contributed by atoms with van der Waals surface area (Å²) in [5, 5.41) is 4.66. The summed E-state index contributed by atoms with van der Waals surface area (Å²) in [5.74, 6) is 1.06. The van der Waals surface area contributed by atoms with Crippen LogP contribution in [0.3, 0.4) is 0 Å². The van der Waals surface area contributed by atoms with Gasteiger partial charge in [0.25, 0.3) is 0 Å². The molecule has 1 aromatic heterocycles. The van der Waals surface area contributed by atoms with Gasteiger partial charge >= 0.3 is 0 Å². The molecule has 1 aliphatic rings. The van der Waals surface area contributed by atoms with Crippen LogP contribution in [0, 0.1) is 0 Å². The number of methoxy groups -OCH3 is 1. The number of halogens is 1. The molecule has 2 N–H and O–H groups in total. The van der Waals surface area contributed by atoms with E-state index in [0.29, 0.717) is 31.1 Å². The Hall–Kier alpha value is -2.05. The number of aromatic nitrogens is 2. The van der Waals surface area contributed by atoms with Gasteiger partial charge in [-0.3, -0.25) is 9.48 Å². The molecule has 1 saturated heterocycles. The monoisotopic (exact) mass is 348 g/mol. The van der Waals surface area contributed by atoms with Crippen molar-refractivity contribution in [3.63, 3.8) is 0 Å². The lowest BCUT2D eigenvalue weighted by atomic mass is 9.95. The predicted octanol–water partition coefficient (Wildman–Crippen LogP) is 1.89. The first kappa shape index (κ1) is 16.8. The van der Waals surface area contributed by atoms with Crippen LogP contribution >= 0.6 is 11.6 Å². The fraction of sp³-hybridized carbons (Fsp3) is 0.412. The standard InChI is InChI=1S/C17H21ClN4O2/c1-24-14-4-2-12(3-5-14)15-10-21(11-16(15)19)17(23)6-7-22-9-13(18)8-20-22/h2-5,8-9,15-16H,6-7,10-11,19H2,1H3. The van der Waals surface area contributed by atoms with Crippen LogP contribution in [0.2, 0.25) is 5.02 Å². The Morgan fingerprint density at radius 2 is 2.12 bits per heavy atom. The van der Waals surface area contributed by atoms with E-state index < -0.39 is 0 Å². The molecule has 2 unspecified atom stereocenters. The summed E-state index contributed by atoms with van der Waals surface area (Å²) in [6.45, 7) is 1.74. The van der Waals surface area contributed by atoms with Crippen LogP contribution in [-0.4, -0.2) is 46.8 Å². The van der Waals surface area contributed by atoms with E-state index in [1.807, 2.05) is 29.2 Å². The lowest BCUT2D eigenvalue weighted by Gasteiger charge is -2.16. The molecule has 2 heterocycles. The van der Waals surface area contributed by atoms with E-state index in [1.54, 1.807) is 24.2 Å². The highest BCUT2D eigenvalue weighted by Gasteiger charge is 2.33. The third-order valence-electron chi connectivity index (χ3n) is 4.42. The Morgan fingerprint density at radius 1 is 1.38 bits per heavy atom. The van der Waals surface area contributed by atoms with E-state index in [4.69, 9.17) is 22.1 Å². The van der Waals surface area contributed by atoms with Crippen molar-refractivity contribution in [3.8, 4) is 5.75 Å². The fourth-order valence-corrected chi connectivity index (χ4v) is 3.22. The third kappa shape index (κ3) is 3.71. The quantitative estimate of drug-likeness (QED) is 0.895. The van der Waals surface area contributed by atoms with Crippen molar-refractivity contribution in [2.45, 2.75) is 24.9 Å². The molecular formula is C17H21ClN4O2. The summed E-state index contributed by atoms with van der Waals surface area (Å²) >= 11 is 5.83. The second-order valence-electron chi connectivity index (χ2n) is 6.01. The number of carbonyl (C=O) groups excluding carboxylic acids is 1. The Balaban J connectivity index is 1.58. The number of benzene rings is 1. The van der Waals surface area contributed by atoms with Crippen molar-refractivity contribution in [3.05, 3.63) is 47.2 Å². The maximum Gasteiger partial charge on any atom is 0.224 e. The number of hydrogen-bond acceptors (Lipinski definition) is 4. The molecular weight excluding hydrogens is 328 g/mol. The largest absolute Gasteiger partial charge is 0.497 e. The molecule has 3 rings (SSSR count). The van der Waals surface area contributed by atoms with Crippen LogP contribution in [0.5, 0.6) is 5.75 Å². The molecule has 7 heteroatoms. The highest BCUT2D eigenvalue weighted by molar-refractivity contribution is 6.30. The molecule has 0 bridgehead atoms. The molecule has 128 valence electrons. The normalized spacial score (nSPS) is 20.4. The number of aryl methyl sites for hydroxylation is 1. The fourth-order valence-electron chi connectivity index (χ4n) is 3.07. The number of hydrogen-bond donors (Lipinski definition) is 1. The van der Waals surface area contributed by atoms with Crippen LogP contribution in [0.15, 0.2) is 36.7 Å². The Kier molecular flexibility index (Phi) is 5.06. The third-order valence-corrected chi connectivity index (χ3v) is 4.61. The first-order valence-corrected chi connectivity index (χ1v) is 8.30. The Bertz CT molecular complexity index is 701. The highest BCUT2D eigenvalue weighted by atomic mass is 35.5. The summed E-state index contributed by atoms with van der Waals surface area (Å²) in [6.07, 6.45) is 3.67. The van der Waals surface area contributed by atoms with Gasteiger partial charge in [0, 0.05) is 44.2 Å². The first-order chi connectivity index (χ1) is 11.6. The zero-order chi connectivity index (χ0) is 17.1. The summed E-state index contributed by atoms with van der Waals surface area (Å²) in [6, 6.07) is 7.83. The van der Waals surface area contributed by atoms with E-state index in [-0.39, 0.29) is 17.9 Å². The predicted molar refractivity (Wildman–Crippen MR) is 92.1 cm³/mol. The van der Waals surface area contributed by atoms with Gasteiger partial charge in [-0.05, 0) is 17.7 Å². The van der Waals surface area contributed by atoms with Crippen molar-refractivity contribution in [1.82, 2.24) is 14.7 Å². The minimum absolute atomic E-state index is 0.0542. The van der Waals surface area contributed by atoms with Crippen LogP contribution in [0.25, 0.3) is 0 Å². The smallest absolute Gasteiger partial charge is 0.224 e. The van der Waals surface area contributed by atoms with Crippen molar-refractivity contribution < 1.29 is 9.53 Å². The minimum atomic E-state index is -0.0542. The average molecular weight is 349 g/mol. The van der Waals surface area contributed by atoms with Gasteiger partial charge in [0.1, 0.15) is 5.75 Å². The van der Waals surface area contributed by atoms with Gasteiger partial charge < -0.3 is 15.4 Å². The maximum atomic E-state index is 12.4. The summed E-state index contributed by atoms with van der Waals surface area (Å²) in [5.41, 5.74) is 7.40. The van der Waals surface area contributed by atoms with E-state index >= 15 is 0 Å². The van der Waals surface area contributed by atoms with Crippen molar-refractivity contribution in [2.75, 3.05) is 20.2 Å². The summed E-state index contributed by atoms with van der Waals surface area (Å²) < 4.78 is 6.86. The van der Waals surface area contributed by atoms with Gasteiger partial charge in [-0.2, -0.15) is 5.10 Å². The van der Waals surface area contributed by atoms with E-state index in [9.17, 15) is 4.79 Å². The lowest BCUT2D eigenvalue weighted by molar-refractivity contribution is -0.130. The second-order valence-corrected chi connectivity index (χ2v) is 6.45. The molecule has 2 atom stereocenters.